The number of halogens is 1. The van der Waals surface area contributed by atoms with E-state index in [1.807, 2.05) is 0 Å². The van der Waals surface area contributed by atoms with Gasteiger partial charge in [-0.1, -0.05) is 15.9 Å². The van der Waals surface area contributed by atoms with E-state index < -0.39 is 4.92 Å². The first kappa shape index (κ1) is 14.2. The minimum absolute atomic E-state index is 0.00505. The van der Waals surface area contributed by atoms with Crippen molar-refractivity contribution in [2.45, 2.75) is 19.1 Å². The summed E-state index contributed by atoms with van der Waals surface area (Å²) in [6.07, 6.45) is 1.27. The summed E-state index contributed by atoms with van der Waals surface area (Å²) < 4.78 is 16.9. The summed E-state index contributed by atoms with van der Waals surface area (Å²) in [7, 11) is 0. The number of nitrogens with zero attached hydrogens (tertiary/aromatic N) is 1. The smallest absolute Gasteiger partial charge is 0.274 e. The van der Waals surface area contributed by atoms with Crippen LogP contribution < -0.4 is 4.74 Å². The largest absolute Gasteiger partial charge is 0.493 e. The molecule has 0 unspecified atom stereocenters. The van der Waals surface area contributed by atoms with Gasteiger partial charge in [0, 0.05) is 17.0 Å². The van der Waals surface area contributed by atoms with Gasteiger partial charge < -0.3 is 14.2 Å². The van der Waals surface area contributed by atoms with Crippen molar-refractivity contribution in [3.63, 3.8) is 0 Å². The molecule has 0 radical (unpaired) electrons. The van der Waals surface area contributed by atoms with Crippen LogP contribution in [0.5, 0.6) is 5.75 Å². The lowest BCUT2D eigenvalue weighted by Gasteiger charge is -2.23. The van der Waals surface area contributed by atoms with E-state index in [4.69, 9.17) is 14.2 Å². The van der Waals surface area contributed by atoms with Crippen LogP contribution in [0.3, 0.4) is 0 Å². The molecular weight excluding hydrogens is 318 g/mol. The van der Waals surface area contributed by atoms with Gasteiger partial charge in [0.2, 0.25) is 0 Å². The molecule has 104 valence electrons. The molecule has 1 aromatic carbocycles. The number of nitro benzene ring substituents is 1. The lowest BCUT2D eigenvalue weighted by atomic mass is 10.3. The summed E-state index contributed by atoms with van der Waals surface area (Å²) in [5, 5.41) is 10.7. The van der Waals surface area contributed by atoms with E-state index >= 15 is 0 Å². The summed E-state index contributed by atoms with van der Waals surface area (Å²) in [5.41, 5.74) is -0.00505. The fraction of sp³-hybridized carbons (Fsp3) is 0.500. The van der Waals surface area contributed by atoms with Crippen molar-refractivity contribution in [1.82, 2.24) is 0 Å². The molecule has 0 saturated carbocycles. The fourth-order valence-corrected chi connectivity index (χ4v) is 2.17. The second kappa shape index (κ2) is 6.83. The number of rotatable bonds is 5. The third kappa shape index (κ3) is 4.45. The molecule has 0 spiro atoms. The Bertz CT molecular complexity index is 448. The molecule has 19 heavy (non-hydrogen) atoms. The Hall–Kier alpha value is -1.18. The van der Waals surface area contributed by atoms with Crippen molar-refractivity contribution >= 4 is 21.6 Å². The standard InChI is InChI=1S/C12H14BrNO5/c13-9-6-10(14(15)16)8-11(7-9)17-5-2-12-18-3-1-4-19-12/h6-8,12H,1-5H2. The van der Waals surface area contributed by atoms with Crippen molar-refractivity contribution in [1.29, 1.82) is 0 Å². The second-order valence-electron chi connectivity index (χ2n) is 4.06. The molecule has 1 aliphatic heterocycles. The van der Waals surface area contributed by atoms with E-state index in [-0.39, 0.29) is 12.0 Å². The first-order valence-corrected chi connectivity index (χ1v) is 6.75. The average Bonchev–Trinajstić information content (AvgIpc) is 2.39. The van der Waals surface area contributed by atoms with Gasteiger partial charge in [0.05, 0.1) is 30.8 Å². The molecule has 1 aromatic rings. The molecule has 1 saturated heterocycles. The van der Waals surface area contributed by atoms with E-state index in [1.165, 1.54) is 12.1 Å². The molecule has 0 atom stereocenters. The Labute approximate surface area is 118 Å². The van der Waals surface area contributed by atoms with Crippen LogP contribution in [0.1, 0.15) is 12.8 Å². The molecule has 6 nitrogen and oxygen atoms in total. The van der Waals surface area contributed by atoms with E-state index in [2.05, 4.69) is 15.9 Å². The molecule has 0 aliphatic carbocycles. The summed E-state index contributed by atoms with van der Waals surface area (Å²) in [4.78, 5) is 10.3. The van der Waals surface area contributed by atoms with E-state index in [0.29, 0.717) is 36.5 Å². The van der Waals surface area contributed by atoms with Crippen LogP contribution in [0.2, 0.25) is 0 Å². The quantitative estimate of drug-likeness (QED) is 0.612. The predicted molar refractivity (Wildman–Crippen MR) is 71.2 cm³/mol. The normalized spacial score (nSPS) is 16.3. The van der Waals surface area contributed by atoms with Crippen molar-refractivity contribution < 1.29 is 19.1 Å². The first-order chi connectivity index (χ1) is 9.15. The topological polar surface area (TPSA) is 70.8 Å². The zero-order valence-electron chi connectivity index (χ0n) is 10.2. The highest BCUT2D eigenvalue weighted by Crippen LogP contribution is 2.26. The van der Waals surface area contributed by atoms with Gasteiger partial charge in [0.1, 0.15) is 5.75 Å². The SMILES string of the molecule is O=[N+]([O-])c1cc(Br)cc(OCCC2OCCCO2)c1. The number of benzene rings is 1. The summed E-state index contributed by atoms with van der Waals surface area (Å²) in [5.74, 6) is 0.455. The maximum atomic E-state index is 10.7. The number of non-ortho nitro benzene ring substituents is 1. The Balaban J connectivity index is 1.86. The minimum Gasteiger partial charge on any atom is -0.493 e. The van der Waals surface area contributed by atoms with Gasteiger partial charge in [-0.15, -0.1) is 0 Å². The van der Waals surface area contributed by atoms with Crippen LogP contribution in [0.15, 0.2) is 22.7 Å². The van der Waals surface area contributed by atoms with Crippen LogP contribution >= 0.6 is 15.9 Å². The first-order valence-electron chi connectivity index (χ1n) is 5.96. The molecule has 1 fully saturated rings. The fourth-order valence-electron chi connectivity index (χ4n) is 1.71. The van der Waals surface area contributed by atoms with Crippen molar-refractivity contribution in [2.75, 3.05) is 19.8 Å². The van der Waals surface area contributed by atoms with Gasteiger partial charge in [-0.3, -0.25) is 10.1 Å². The average molecular weight is 332 g/mol. The lowest BCUT2D eigenvalue weighted by molar-refractivity contribution is -0.385. The molecule has 7 heteroatoms. The molecule has 1 aliphatic rings. The number of ether oxygens (including phenoxy) is 3. The predicted octanol–water partition coefficient (Wildman–Crippen LogP) is 2.89. The summed E-state index contributed by atoms with van der Waals surface area (Å²) in [6.45, 7) is 1.79. The van der Waals surface area contributed by atoms with E-state index in [1.54, 1.807) is 6.07 Å². The monoisotopic (exact) mass is 331 g/mol. The lowest BCUT2D eigenvalue weighted by Crippen LogP contribution is -2.26. The highest BCUT2D eigenvalue weighted by molar-refractivity contribution is 9.10. The minimum atomic E-state index is -0.453. The number of hydrogen-bond acceptors (Lipinski definition) is 5. The van der Waals surface area contributed by atoms with Gasteiger partial charge in [0.25, 0.3) is 5.69 Å². The van der Waals surface area contributed by atoms with E-state index in [9.17, 15) is 10.1 Å². The molecule has 0 bridgehead atoms. The maximum absolute atomic E-state index is 10.7. The third-order valence-corrected chi connectivity index (χ3v) is 3.04. The summed E-state index contributed by atoms with van der Waals surface area (Å²) in [6, 6.07) is 4.52. The molecule has 2 rings (SSSR count). The van der Waals surface area contributed by atoms with Crippen molar-refractivity contribution in [2.24, 2.45) is 0 Å². The maximum Gasteiger partial charge on any atom is 0.274 e. The Morgan fingerprint density at radius 3 is 2.79 bits per heavy atom. The third-order valence-electron chi connectivity index (χ3n) is 2.59. The number of nitro groups is 1. The molecular formula is C12H14BrNO5. The van der Waals surface area contributed by atoms with Gasteiger partial charge >= 0.3 is 0 Å². The van der Waals surface area contributed by atoms with Crippen LogP contribution in [0.25, 0.3) is 0 Å². The van der Waals surface area contributed by atoms with E-state index in [0.717, 1.165) is 6.42 Å². The number of hydrogen-bond donors (Lipinski definition) is 0. The van der Waals surface area contributed by atoms with Gasteiger partial charge in [-0.25, -0.2) is 0 Å². The second-order valence-corrected chi connectivity index (χ2v) is 4.98. The molecule has 1 heterocycles. The Kier molecular flexibility index (Phi) is 5.12. The Morgan fingerprint density at radius 2 is 2.11 bits per heavy atom. The summed E-state index contributed by atoms with van der Waals surface area (Å²) >= 11 is 3.22. The van der Waals surface area contributed by atoms with Gasteiger partial charge in [0.15, 0.2) is 6.29 Å². The van der Waals surface area contributed by atoms with Gasteiger partial charge in [-0.05, 0) is 12.5 Å². The van der Waals surface area contributed by atoms with Crippen LogP contribution in [-0.4, -0.2) is 31.0 Å². The van der Waals surface area contributed by atoms with Crippen molar-refractivity contribution in [3.05, 3.63) is 32.8 Å². The molecule has 0 N–H and O–H groups in total. The molecule has 0 amide bonds. The molecule has 0 aromatic heterocycles. The van der Waals surface area contributed by atoms with Crippen molar-refractivity contribution in [3.8, 4) is 5.75 Å². The highest BCUT2D eigenvalue weighted by atomic mass is 79.9. The zero-order chi connectivity index (χ0) is 13.7. The van der Waals surface area contributed by atoms with Crippen LogP contribution in [0, 0.1) is 10.1 Å². The van der Waals surface area contributed by atoms with Crippen LogP contribution in [0.4, 0.5) is 5.69 Å². The van der Waals surface area contributed by atoms with Gasteiger partial charge in [-0.2, -0.15) is 0 Å². The highest BCUT2D eigenvalue weighted by Gasteiger charge is 2.14. The Morgan fingerprint density at radius 1 is 1.37 bits per heavy atom. The van der Waals surface area contributed by atoms with Crippen LogP contribution in [-0.2, 0) is 9.47 Å². The zero-order valence-corrected chi connectivity index (χ0v) is 11.8.